The van der Waals surface area contributed by atoms with Gasteiger partial charge in [-0.25, -0.2) is 0 Å². The van der Waals surface area contributed by atoms with E-state index in [0.717, 1.165) is 22.4 Å². The largest absolute Gasteiger partial charge is 0.455 e. The SMILES string of the molecule is c1ccc2cc3c(ccc4c(-c5cc6c7c(cccc7c5)-c5ccc7ccccc7c5O6)cccc43)cc2c1. The summed E-state index contributed by atoms with van der Waals surface area (Å²) in [5.41, 5.74) is 4.78. The third kappa shape index (κ3) is 2.96. The zero-order valence-corrected chi connectivity index (χ0v) is 21.1. The summed E-state index contributed by atoms with van der Waals surface area (Å²) >= 11 is 0. The molecule has 8 aromatic rings. The van der Waals surface area contributed by atoms with Crippen LogP contribution in [0.2, 0.25) is 0 Å². The van der Waals surface area contributed by atoms with Gasteiger partial charge in [0.15, 0.2) is 0 Å². The summed E-state index contributed by atoms with van der Waals surface area (Å²) in [6.07, 6.45) is 0. The number of ether oxygens (including phenoxy) is 1. The monoisotopic (exact) mass is 494 g/mol. The Morgan fingerprint density at radius 2 is 1.08 bits per heavy atom. The summed E-state index contributed by atoms with van der Waals surface area (Å²) < 4.78 is 6.76. The van der Waals surface area contributed by atoms with Gasteiger partial charge in [-0.05, 0) is 90.1 Å². The topological polar surface area (TPSA) is 9.23 Å². The van der Waals surface area contributed by atoms with Crippen LogP contribution in [0, 0.1) is 0 Å². The predicted octanol–water partition coefficient (Wildman–Crippen LogP) is 10.9. The van der Waals surface area contributed by atoms with Crippen molar-refractivity contribution in [3.63, 3.8) is 0 Å². The molecule has 0 atom stereocenters. The molecule has 0 N–H and O–H groups in total. The molecule has 1 aliphatic rings. The highest BCUT2D eigenvalue weighted by Gasteiger charge is 2.23. The van der Waals surface area contributed by atoms with Gasteiger partial charge in [0, 0.05) is 16.3 Å². The van der Waals surface area contributed by atoms with Crippen LogP contribution in [0.3, 0.4) is 0 Å². The van der Waals surface area contributed by atoms with E-state index in [0.29, 0.717) is 0 Å². The fourth-order valence-electron chi connectivity index (χ4n) is 6.56. The van der Waals surface area contributed by atoms with Crippen LogP contribution >= 0.6 is 0 Å². The van der Waals surface area contributed by atoms with Crippen LogP contribution < -0.4 is 4.74 Å². The maximum atomic E-state index is 6.76. The van der Waals surface area contributed by atoms with Crippen molar-refractivity contribution in [1.82, 2.24) is 0 Å². The second-order valence-corrected chi connectivity index (χ2v) is 10.5. The van der Waals surface area contributed by atoms with E-state index in [2.05, 4.69) is 133 Å². The molecule has 180 valence electrons. The van der Waals surface area contributed by atoms with Gasteiger partial charge in [0.05, 0.1) is 0 Å². The van der Waals surface area contributed by atoms with Crippen molar-refractivity contribution >= 4 is 53.9 Å². The normalized spacial score (nSPS) is 12.3. The molecule has 0 aromatic heterocycles. The van der Waals surface area contributed by atoms with Crippen molar-refractivity contribution in [1.29, 1.82) is 0 Å². The first kappa shape index (κ1) is 20.9. The number of hydrogen-bond donors (Lipinski definition) is 0. The molecule has 0 saturated carbocycles. The van der Waals surface area contributed by atoms with Crippen LogP contribution in [0.15, 0.2) is 133 Å². The minimum atomic E-state index is 0.922. The average molecular weight is 495 g/mol. The Morgan fingerprint density at radius 1 is 0.359 bits per heavy atom. The molecule has 0 spiro atoms. The van der Waals surface area contributed by atoms with Gasteiger partial charge in [-0.1, -0.05) is 103 Å². The predicted molar refractivity (Wildman–Crippen MR) is 165 cm³/mol. The maximum Gasteiger partial charge on any atom is 0.143 e. The van der Waals surface area contributed by atoms with E-state index in [1.807, 2.05) is 0 Å². The van der Waals surface area contributed by atoms with Gasteiger partial charge in [0.1, 0.15) is 11.5 Å². The molecule has 0 bridgehead atoms. The third-order valence-corrected chi connectivity index (χ3v) is 8.38. The van der Waals surface area contributed by atoms with Crippen molar-refractivity contribution < 1.29 is 4.74 Å². The van der Waals surface area contributed by atoms with Crippen LogP contribution in [0.5, 0.6) is 11.5 Å². The van der Waals surface area contributed by atoms with E-state index in [1.165, 1.54) is 65.2 Å². The summed E-state index contributed by atoms with van der Waals surface area (Å²) in [7, 11) is 0. The number of hydrogen-bond acceptors (Lipinski definition) is 1. The van der Waals surface area contributed by atoms with Gasteiger partial charge < -0.3 is 4.74 Å². The Kier molecular flexibility index (Phi) is 4.11. The summed E-state index contributed by atoms with van der Waals surface area (Å²) in [4.78, 5) is 0. The molecular weight excluding hydrogens is 472 g/mol. The lowest BCUT2D eigenvalue weighted by molar-refractivity contribution is 0.493. The lowest BCUT2D eigenvalue weighted by atomic mass is 9.89. The third-order valence-electron chi connectivity index (χ3n) is 8.38. The van der Waals surface area contributed by atoms with Gasteiger partial charge in [0.2, 0.25) is 0 Å². The van der Waals surface area contributed by atoms with E-state index >= 15 is 0 Å². The van der Waals surface area contributed by atoms with Gasteiger partial charge in [0.25, 0.3) is 0 Å². The first-order chi connectivity index (χ1) is 19.3. The Labute approximate surface area is 225 Å². The highest BCUT2D eigenvalue weighted by molar-refractivity contribution is 6.16. The van der Waals surface area contributed by atoms with Gasteiger partial charge in [-0.2, -0.15) is 0 Å². The fraction of sp³-hybridized carbons (Fsp3) is 0. The van der Waals surface area contributed by atoms with E-state index in [9.17, 15) is 0 Å². The summed E-state index contributed by atoms with van der Waals surface area (Å²) in [5.74, 6) is 1.87. The Hall–Kier alpha value is -5.14. The second kappa shape index (κ2) is 7.69. The van der Waals surface area contributed by atoms with Gasteiger partial charge in [-0.3, -0.25) is 0 Å². The molecule has 1 aliphatic heterocycles. The highest BCUT2D eigenvalue weighted by atomic mass is 16.5. The molecule has 0 unspecified atom stereocenters. The molecule has 0 aliphatic carbocycles. The Morgan fingerprint density at radius 3 is 2.00 bits per heavy atom. The highest BCUT2D eigenvalue weighted by Crippen LogP contribution is 2.50. The standard InChI is InChI=1S/C38H22O/c1-2-9-25-21-35-26(19-24(25)8-1)16-17-32-29(12-6-13-31(32)35)28-20-27-10-5-14-33-34-18-15-23-7-3-4-11-30(23)38(34)39-36(22-28)37(27)33/h1-22H. The molecule has 0 saturated heterocycles. The van der Waals surface area contributed by atoms with Gasteiger partial charge in [-0.15, -0.1) is 0 Å². The van der Waals surface area contributed by atoms with Crippen LogP contribution in [0.25, 0.3) is 76.1 Å². The summed E-state index contributed by atoms with van der Waals surface area (Å²) in [6, 6.07) is 48.4. The zero-order valence-electron chi connectivity index (χ0n) is 21.1. The quantitative estimate of drug-likeness (QED) is 0.163. The van der Waals surface area contributed by atoms with E-state index in [1.54, 1.807) is 0 Å². The second-order valence-electron chi connectivity index (χ2n) is 10.5. The van der Waals surface area contributed by atoms with Crippen LogP contribution in [-0.4, -0.2) is 0 Å². The Bertz CT molecular complexity index is 2310. The van der Waals surface area contributed by atoms with Crippen LogP contribution in [0.4, 0.5) is 0 Å². The van der Waals surface area contributed by atoms with Crippen LogP contribution in [0.1, 0.15) is 0 Å². The van der Waals surface area contributed by atoms with E-state index in [4.69, 9.17) is 4.74 Å². The van der Waals surface area contributed by atoms with E-state index in [-0.39, 0.29) is 0 Å². The number of benzene rings is 8. The van der Waals surface area contributed by atoms with E-state index < -0.39 is 0 Å². The summed E-state index contributed by atoms with van der Waals surface area (Å²) in [5, 5.41) is 12.3. The van der Waals surface area contributed by atoms with Gasteiger partial charge >= 0.3 is 0 Å². The molecule has 8 aromatic carbocycles. The molecule has 1 heteroatoms. The lowest BCUT2D eigenvalue weighted by Gasteiger charge is -2.24. The van der Waals surface area contributed by atoms with Crippen molar-refractivity contribution in [3.8, 4) is 33.8 Å². The first-order valence-corrected chi connectivity index (χ1v) is 13.4. The average Bonchev–Trinajstić information content (AvgIpc) is 2.99. The Balaban J connectivity index is 1.30. The number of rotatable bonds is 1. The molecule has 0 radical (unpaired) electrons. The molecule has 0 fully saturated rings. The molecule has 0 amide bonds. The zero-order chi connectivity index (χ0) is 25.5. The molecule has 9 rings (SSSR count). The lowest BCUT2D eigenvalue weighted by Crippen LogP contribution is -1.98. The minimum absolute atomic E-state index is 0.922. The number of fused-ring (bicyclic) bond motifs is 8. The van der Waals surface area contributed by atoms with Crippen molar-refractivity contribution in [2.24, 2.45) is 0 Å². The molecule has 1 nitrogen and oxygen atoms in total. The fourth-order valence-corrected chi connectivity index (χ4v) is 6.56. The summed E-state index contributed by atoms with van der Waals surface area (Å²) in [6.45, 7) is 0. The molecule has 39 heavy (non-hydrogen) atoms. The van der Waals surface area contributed by atoms with Crippen molar-refractivity contribution in [2.75, 3.05) is 0 Å². The van der Waals surface area contributed by atoms with Crippen LogP contribution in [-0.2, 0) is 0 Å². The first-order valence-electron chi connectivity index (χ1n) is 13.4. The molecular formula is C38H22O. The molecule has 1 heterocycles. The van der Waals surface area contributed by atoms with Crippen molar-refractivity contribution in [3.05, 3.63) is 133 Å². The smallest absolute Gasteiger partial charge is 0.143 e. The minimum Gasteiger partial charge on any atom is -0.455 e. The maximum absolute atomic E-state index is 6.76. The van der Waals surface area contributed by atoms with Crippen molar-refractivity contribution in [2.45, 2.75) is 0 Å².